The Morgan fingerprint density at radius 2 is 1.81 bits per heavy atom. The number of benzene rings is 1. The Bertz CT molecular complexity index is 456. The smallest absolute Gasteiger partial charge is 0.213 e. The molecular formula is C13H14N2O. The number of nitrogens with two attached hydrogens (primary N) is 1. The maximum atomic E-state index is 6.12. The van der Waals surface area contributed by atoms with Crippen molar-refractivity contribution in [3.63, 3.8) is 0 Å². The second-order valence-corrected chi connectivity index (χ2v) is 3.49. The van der Waals surface area contributed by atoms with E-state index in [1.807, 2.05) is 42.5 Å². The predicted molar refractivity (Wildman–Crippen MR) is 63.3 cm³/mol. The first kappa shape index (κ1) is 10.6. The molecule has 0 aliphatic carbocycles. The summed E-state index contributed by atoms with van der Waals surface area (Å²) >= 11 is 0. The van der Waals surface area contributed by atoms with Gasteiger partial charge in [0.25, 0.3) is 0 Å². The van der Waals surface area contributed by atoms with Gasteiger partial charge in [-0.2, -0.15) is 0 Å². The van der Waals surface area contributed by atoms with Crippen LogP contribution in [-0.2, 0) is 0 Å². The third-order valence-corrected chi connectivity index (χ3v) is 2.43. The highest BCUT2D eigenvalue weighted by molar-refractivity contribution is 5.28. The Balaban J connectivity index is 2.30. The highest BCUT2D eigenvalue weighted by Gasteiger charge is 2.10. The molecule has 2 N–H and O–H groups in total. The molecule has 1 heterocycles. The van der Waals surface area contributed by atoms with E-state index < -0.39 is 0 Å². The minimum absolute atomic E-state index is 0.212. The Labute approximate surface area is 94.9 Å². The number of rotatable bonds is 3. The maximum Gasteiger partial charge on any atom is 0.213 e. The number of hydrogen-bond donors (Lipinski definition) is 1. The molecule has 1 aromatic carbocycles. The molecule has 0 spiro atoms. The first-order valence-corrected chi connectivity index (χ1v) is 5.12. The lowest BCUT2D eigenvalue weighted by Gasteiger charge is -2.12. The van der Waals surface area contributed by atoms with Crippen LogP contribution in [0.3, 0.4) is 0 Å². The SMILES string of the molecule is COc1cccc([C@H](N)c2ccccc2)n1. The summed E-state index contributed by atoms with van der Waals surface area (Å²) in [5, 5.41) is 0. The normalized spacial score (nSPS) is 12.1. The van der Waals surface area contributed by atoms with Crippen molar-refractivity contribution in [3.8, 4) is 5.88 Å². The zero-order valence-electron chi connectivity index (χ0n) is 9.13. The molecule has 0 fully saturated rings. The van der Waals surface area contributed by atoms with E-state index in [-0.39, 0.29) is 6.04 Å². The van der Waals surface area contributed by atoms with Crippen LogP contribution in [0.2, 0.25) is 0 Å². The van der Waals surface area contributed by atoms with Crippen LogP contribution in [0.4, 0.5) is 0 Å². The van der Waals surface area contributed by atoms with E-state index >= 15 is 0 Å². The van der Waals surface area contributed by atoms with E-state index in [0.717, 1.165) is 11.3 Å². The van der Waals surface area contributed by atoms with E-state index in [9.17, 15) is 0 Å². The Morgan fingerprint density at radius 3 is 2.50 bits per heavy atom. The van der Waals surface area contributed by atoms with Gasteiger partial charge in [0.1, 0.15) is 0 Å². The lowest BCUT2D eigenvalue weighted by atomic mass is 10.0. The fraction of sp³-hybridized carbons (Fsp3) is 0.154. The quantitative estimate of drug-likeness (QED) is 0.851. The third-order valence-electron chi connectivity index (χ3n) is 2.43. The maximum absolute atomic E-state index is 6.12. The molecule has 1 aromatic heterocycles. The number of ether oxygens (including phenoxy) is 1. The van der Waals surface area contributed by atoms with E-state index in [2.05, 4.69) is 4.98 Å². The van der Waals surface area contributed by atoms with Crippen molar-refractivity contribution in [3.05, 3.63) is 59.8 Å². The molecule has 0 unspecified atom stereocenters. The molecule has 16 heavy (non-hydrogen) atoms. The van der Waals surface area contributed by atoms with Crippen LogP contribution >= 0.6 is 0 Å². The van der Waals surface area contributed by atoms with E-state index in [1.165, 1.54) is 0 Å². The Morgan fingerprint density at radius 1 is 1.06 bits per heavy atom. The molecule has 0 aliphatic heterocycles. The topological polar surface area (TPSA) is 48.1 Å². The summed E-state index contributed by atoms with van der Waals surface area (Å²) < 4.78 is 5.07. The van der Waals surface area contributed by atoms with Gasteiger partial charge in [-0.05, 0) is 11.6 Å². The van der Waals surface area contributed by atoms with Crippen molar-refractivity contribution in [2.24, 2.45) is 5.73 Å². The average Bonchev–Trinajstić information content (AvgIpc) is 2.39. The van der Waals surface area contributed by atoms with Gasteiger partial charge in [-0.15, -0.1) is 0 Å². The van der Waals surface area contributed by atoms with Crippen LogP contribution < -0.4 is 10.5 Å². The van der Waals surface area contributed by atoms with E-state index in [0.29, 0.717) is 5.88 Å². The first-order chi connectivity index (χ1) is 7.81. The van der Waals surface area contributed by atoms with Crippen LogP contribution in [-0.4, -0.2) is 12.1 Å². The highest BCUT2D eigenvalue weighted by Crippen LogP contribution is 2.19. The molecule has 0 aliphatic rings. The van der Waals surface area contributed by atoms with Crippen molar-refractivity contribution in [1.29, 1.82) is 0 Å². The van der Waals surface area contributed by atoms with Gasteiger partial charge in [0, 0.05) is 6.07 Å². The molecule has 0 radical (unpaired) electrons. The summed E-state index contributed by atoms with van der Waals surface area (Å²) in [5.74, 6) is 0.587. The minimum atomic E-state index is -0.212. The van der Waals surface area contributed by atoms with Crippen molar-refractivity contribution >= 4 is 0 Å². The van der Waals surface area contributed by atoms with Crippen LogP contribution in [0.1, 0.15) is 17.3 Å². The average molecular weight is 214 g/mol. The van der Waals surface area contributed by atoms with Crippen LogP contribution in [0.15, 0.2) is 48.5 Å². The molecule has 2 rings (SSSR count). The molecule has 0 saturated carbocycles. The number of hydrogen-bond acceptors (Lipinski definition) is 3. The van der Waals surface area contributed by atoms with Crippen molar-refractivity contribution < 1.29 is 4.74 Å². The number of nitrogens with zero attached hydrogens (tertiary/aromatic N) is 1. The molecule has 0 amide bonds. The van der Waals surface area contributed by atoms with Crippen molar-refractivity contribution in [2.45, 2.75) is 6.04 Å². The van der Waals surface area contributed by atoms with Crippen molar-refractivity contribution in [1.82, 2.24) is 4.98 Å². The van der Waals surface area contributed by atoms with Gasteiger partial charge >= 0.3 is 0 Å². The molecule has 0 bridgehead atoms. The summed E-state index contributed by atoms with van der Waals surface area (Å²) in [6.45, 7) is 0. The molecule has 2 aromatic rings. The van der Waals surface area contributed by atoms with Crippen molar-refractivity contribution in [2.75, 3.05) is 7.11 Å². The summed E-state index contributed by atoms with van der Waals surface area (Å²) in [6.07, 6.45) is 0. The van der Waals surface area contributed by atoms with Gasteiger partial charge in [-0.1, -0.05) is 36.4 Å². The molecule has 3 heteroatoms. The predicted octanol–water partition coefficient (Wildman–Crippen LogP) is 2.14. The highest BCUT2D eigenvalue weighted by atomic mass is 16.5. The summed E-state index contributed by atoms with van der Waals surface area (Å²) in [7, 11) is 1.60. The van der Waals surface area contributed by atoms with Gasteiger partial charge in [-0.25, -0.2) is 4.98 Å². The number of pyridine rings is 1. The zero-order valence-corrected chi connectivity index (χ0v) is 9.13. The lowest BCUT2D eigenvalue weighted by Crippen LogP contribution is -2.13. The molecule has 3 nitrogen and oxygen atoms in total. The zero-order chi connectivity index (χ0) is 11.4. The molecular weight excluding hydrogens is 200 g/mol. The number of aromatic nitrogens is 1. The van der Waals surface area contributed by atoms with Crippen LogP contribution in [0.25, 0.3) is 0 Å². The molecule has 0 saturated heterocycles. The second kappa shape index (κ2) is 4.77. The van der Waals surface area contributed by atoms with Gasteiger partial charge in [0.2, 0.25) is 5.88 Å². The first-order valence-electron chi connectivity index (χ1n) is 5.12. The third kappa shape index (κ3) is 2.20. The van der Waals surface area contributed by atoms with Gasteiger partial charge in [-0.3, -0.25) is 0 Å². The largest absolute Gasteiger partial charge is 0.481 e. The van der Waals surface area contributed by atoms with Crippen LogP contribution in [0.5, 0.6) is 5.88 Å². The number of methoxy groups -OCH3 is 1. The lowest BCUT2D eigenvalue weighted by molar-refractivity contribution is 0.395. The fourth-order valence-corrected chi connectivity index (χ4v) is 1.55. The van der Waals surface area contributed by atoms with Gasteiger partial charge < -0.3 is 10.5 Å². The van der Waals surface area contributed by atoms with E-state index in [4.69, 9.17) is 10.5 Å². The fourth-order valence-electron chi connectivity index (χ4n) is 1.55. The monoisotopic (exact) mass is 214 g/mol. The molecule has 1 atom stereocenters. The van der Waals surface area contributed by atoms with Crippen LogP contribution in [0, 0.1) is 0 Å². The van der Waals surface area contributed by atoms with E-state index in [1.54, 1.807) is 13.2 Å². The Kier molecular flexibility index (Phi) is 3.17. The standard InChI is InChI=1S/C13H14N2O/c1-16-12-9-5-8-11(15-12)13(14)10-6-3-2-4-7-10/h2-9,13H,14H2,1H3/t13-/m1/s1. The van der Waals surface area contributed by atoms with Gasteiger partial charge in [0.05, 0.1) is 18.8 Å². The minimum Gasteiger partial charge on any atom is -0.481 e. The summed E-state index contributed by atoms with van der Waals surface area (Å²) in [5.41, 5.74) is 7.98. The summed E-state index contributed by atoms with van der Waals surface area (Å²) in [6, 6.07) is 15.3. The summed E-state index contributed by atoms with van der Waals surface area (Å²) in [4.78, 5) is 4.32. The second-order valence-electron chi connectivity index (χ2n) is 3.49. The Hall–Kier alpha value is -1.87. The van der Waals surface area contributed by atoms with Gasteiger partial charge in [0.15, 0.2) is 0 Å². The molecule has 82 valence electrons.